The summed E-state index contributed by atoms with van der Waals surface area (Å²) < 4.78 is 0. The maximum Gasteiger partial charge on any atom is 0.00375 e. The minimum absolute atomic E-state index is 0.351. The Balaban J connectivity index is 3.11. The molecular formula is C14H21P. The number of hydrogen-bond donors (Lipinski definition) is 0. The lowest BCUT2D eigenvalue weighted by Gasteiger charge is -2.12. The van der Waals surface area contributed by atoms with E-state index in [1.54, 1.807) is 0 Å². The molecule has 0 saturated heterocycles. The van der Waals surface area contributed by atoms with Crippen molar-refractivity contribution >= 4 is 14.0 Å². The van der Waals surface area contributed by atoms with Crippen LogP contribution in [0.15, 0.2) is 12.1 Å². The highest BCUT2D eigenvalue weighted by atomic mass is 31.1. The Morgan fingerprint density at radius 3 is 1.87 bits per heavy atom. The largest absolute Gasteiger partial charge is 0.0979 e. The zero-order valence-electron chi connectivity index (χ0n) is 10.7. The lowest BCUT2D eigenvalue weighted by Crippen LogP contribution is -2.03. The summed E-state index contributed by atoms with van der Waals surface area (Å²) in [6.45, 7) is 13.4. The molecule has 15 heavy (non-hydrogen) atoms. The molecule has 0 unspecified atom stereocenters. The lowest BCUT2D eigenvalue weighted by molar-refractivity contribution is 0.802. The van der Waals surface area contributed by atoms with Gasteiger partial charge in [-0.3, -0.25) is 0 Å². The summed E-state index contributed by atoms with van der Waals surface area (Å²) in [6, 6.07) is 4.52. The van der Waals surface area contributed by atoms with Crippen LogP contribution in [0.25, 0.3) is 0 Å². The molecule has 0 aliphatic heterocycles. The van der Waals surface area contributed by atoms with Crippen LogP contribution in [-0.4, -0.2) is 11.0 Å². The fraction of sp³-hybridized carbons (Fsp3) is 0.500. The van der Waals surface area contributed by atoms with Crippen LogP contribution in [0.3, 0.4) is 0 Å². The number of hydrogen-bond acceptors (Lipinski definition) is 0. The van der Waals surface area contributed by atoms with Crippen LogP contribution in [0.1, 0.15) is 43.0 Å². The third-order valence-corrected chi connectivity index (χ3v) is 3.48. The SMILES string of the molecule is Cc1cc(C)c(C=PC(C)(C)C)c(C)c1. The first-order valence-corrected chi connectivity index (χ1v) is 6.39. The van der Waals surface area contributed by atoms with Gasteiger partial charge in [-0.2, -0.15) is 0 Å². The zero-order chi connectivity index (χ0) is 11.6. The van der Waals surface area contributed by atoms with E-state index in [9.17, 15) is 0 Å². The fourth-order valence-electron chi connectivity index (χ4n) is 1.65. The highest BCUT2D eigenvalue weighted by Crippen LogP contribution is 2.24. The number of benzene rings is 1. The Bertz CT molecular complexity index is 358. The van der Waals surface area contributed by atoms with Gasteiger partial charge in [0.1, 0.15) is 0 Å². The van der Waals surface area contributed by atoms with Crippen molar-refractivity contribution in [2.24, 2.45) is 0 Å². The Kier molecular flexibility index (Phi) is 3.73. The van der Waals surface area contributed by atoms with Crippen molar-refractivity contribution in [2.45, 2.75) is 46.7 Å². The molecule has 1 aromatic rings. The molecule has 0 radical (unpaired) electrons. The molecule has 0 N–H and O–H groups in total. The van der Waals surface area contributed by atoms with Crippen LogP contribution in [-0.2, 0) is 0 Å². The molecule has 0 spiro atoms. The van der Waals surface area contributed by atoms with Crippen LogP contribution in [0.2, 0.25) is 0 Å². The van der Waals surface area contributed by atoms with Gasteiger partial charge in [0.05, 0.1) is 0 Å². The van der Waals surface area contributed by atoms with Gasteiger partial charge >= 0.3 is 0 Å². The molecule has 0 amide bonds. The van der Waals surface area contributed by atoms with Crippen molar-refractivity contribution in [3.63, 3.8) is 0 Å². The first-order chi connectivity index (χ1) is 6.79. The molecule has 0 fully saturated rings. The Hall–Kier alpha value is -0.610. The fourth-order valence-corrected chi connectivity index (χ4v) is 2.58. The standard InChI is InChI=1S/C14H21P/c1-10-7-11(2)13(12(3)8-10)9-15-14(4,5)6/h7-9H,1-6H3. The topological polar surface area (TPSA) is 0 Å². The number of aryl methyl sites for hydroxylation is 3. The molecule has 0 atom stereocenters. The van der Waals surface area contributed by atoms with E-state index in [-0.39, 0.29) is 0 Å². The van der Waals surface area contributed by atoms with Gasteiger partial charge in [0.25, 0.3) is 0 Å². The first-order valence-electron chi connectivity index (χ1n) is 5.43. The van der Waals surface area contributed by atoms with Crippen molar-refractivity contribution in [3.8, 4) is 0 Å². The van der Waals surface area contributed by atoms with E-state index in [4.69, 9.17) is 0 Å². The van der Waals surface area contributed by atoms with E-state index in [1.807, 2.05) is 0 Å². The highest BCUT2D eigenvalue weighted by Gasteiger charge is 2.06. The molecule has 1 rings (SSSR count). The predicted octanol–water partition coefficient (Wildman–Crippen LogP) is 4.51. The summed E-state index contributed by atoms with van der Waals surface area (Å²) in [4.78, 5) is 0. The van der Waals surface area contributed by atoms with E-state index < -0.39 is 0 Å². The van der Waals surface area contributed by atoms with Crippen molar-refractivity contribution in [1.82, 2.24) is 0 Å². The van der Waals surface area contributed by atoms with Crippen molar-refractivity contribution in [3.05, 3.63) is 34.4 Å². The summed E-state index contributed by atoms with van der Waals surface area (Å²) in [5, 5.41) is 0.351. The van der Waals surface area contributed by atoms with E-state index in [0.717, 1.165) is 0 Å². The van der Waals surface area contributed by atoms with Gasteiger partial charge in [-0.05, 0) is 43.3 Å². The normalized spacial score (nSPS) is 12.4. The molecule has 82 valence electrons. The van der Waals surface area contributed by atoms with Gasteiger partial charge in [0.15, 0.2) is 0 Å². The molecule has 0 aliphatic rings. The van der Waals surface area contributed by atoms with Gasteiger partial charge in [0.2, 0.25) is 0 Å². The van der Waals surface area contributed by atoms with Gasteiger partial charge in [-0.15, -0.1) is 0 Å². The van der Waals surface area contributed by atoms with E-state index in [1.165, 1.54) is 30.5 Å². The summed E-state index contributed by atoms with van der Waals surface area (Å²) in [7, 11) is 1.39. The summed E-state index contributed by atoms with van der Waals surface area (Å²) in [6.07, 6.45) is 0. The van der Waals surface area contributed by atoms with Crippen molar-refractivity contribution in [1.29, 1.82) is 0 Å². The van der Waals surface area contributed by atoms with Crippen LogP contribution in [0.5, 0.6) is 0 Å². The molecule has 0 nitrogen and oxygen atoms in total. The minimum Gasteiger partial charge on any atom is -0.0979 e. The molecule has 0 bridgehead atoms. The second-order valence-corrected chi connectivity index (χ2v) is 7.10. The predicted molar refractivity (Wildman–Crippen MR) is 72.5 cm³/mol. The van der Waals surface area contributed by atoms with E-state index >= 15 is 0 Å². The van der Waals surface area contributed by atoms with Crippen molar-refractivity contribution < 1.29 is 0 Å². The number of rotatable bonds is 1. The van der Waals surface area contributed by atoms with Gasteiger partial charge in [-0.25, -0.2) is 0 Å². The molecule has 0 heterocycles. The van der Waals surface area contributed by atoms with Crippen LogP contribution >= 0.6 is 8.20 Å². The third kappa shape index (κ3) is 3.80. The lowest BCUT2D eigenvalue weighted by atomic mass is 10.0. The van der Waals surface area contributed by atoms with Gasteiger partial charge < -0.3 is 0 Å². The summed E-state index contributed by atoms with van der Waals surface area (Å²) in [5.74, 6) is 2.35. The smallest absolute Gasteiger partial charge is 0.00375 e. The minimum atomic E-state index is 0.351. The Morgan fingerprint density at radius 1 is 1.00 bits per heavy atom. The van der Waals surface area contributed by atoms with Crippen LogP contribution in [0, 0.1) is 20.8 Å². The first kappa shape index (κ1) is 12.5. The molecule has 1 heteroatoms. The average Bonchev–Trinajstić information content (AvgIpc) is 1.99. The highest BCUT2D eigenvalue weighted by molar-refractivity contribution is 7.40. The van der Waals surface area contributed by atoms with Crippen LogP contribution in [0.4, 0.5) is 0 Å². The molecule has 0 aliphatic carbocycles. The summed E-state index contributed by atoms with van der Waals surface area (Å²) in [5.41, 5.74) is 5.56. The van der Waals surface area contributed by atoms with Crippen molar-refractivity contribution in [2.75, 3.05) is 0 Å². The van der Waals surface area contributed by atoms with E-state index in [2.05, 4.69) is 59.5 Å². The second-order valence-electron chi connectivity index (χ2n) is 5.24. The zero-order valence-corrected chi connectivity index (χ0v) is 11.6. The van der Waals surface area contributed by atoms with Gasteiger partial charge in [-0.1, -0.05) is 46.7 Å². The summed E-state index contributed by atoms with van der Waals surface area (Å²) >= 11 is 0. The Morgan fingerprint density at radius 2 is 1.47 bits per heavy atom. The maximum absolute atomic E-state index is 2.35. The van der Waals surface area contributed by atoms with E-state index in [0.29, 0.717) is 5.16 Å². The van der Waals surface area contributed by atoms with Gasteiger partial charge in [0, 0.05) is 5.16 Å². The average molecular weight is 220 g/mol. The quantitative estimate of drug-likeness (QED) is 0.611. The molecule has 0 aromatic heterocycles. The third-order valence-electron chi connectivity index (χ3n) is 2.32. The maximum atomic E-state index is 2.35. The monoisotopic (exact) mass is 220 g/mol. The molecular weight excluding hydrogens is 199 g/mol. The Labute approximate surface area is 95.5 Å². The molecule has 1 aromatic carbocycles. The molecule has 0 saturated carbocycles. The van der Waals surface area contributed by atoms with Crippen LogP contribution < -0.4 is 0 Å². The second kappa shape index (κ2) is 4.49.